The molecule has 1 aromatic heterocycles. The van der Waals surface area contributed by atoms with Gasteiger partial charge in [-0.05, 0) is 125 Å². The van der Waals surface area contributed by atoms with Crippen molar-refractivity contribution in [3.63, 3.8) is 0 Å². The van der Waals surface area contributed by atoms with Gasteiger partial charge in [0.1, 0.15) is 0 Å². The number of allylic oxidation sites excluding steroid dienone is 18. The Labute approximate surface area is 302 Å². The second-order valence-electron chi connectivity index (χ2n) is 14.9. The number of nitrogens with zero attached hydrogens (tertiary/aromatic N) is 1. The van der Waals surface area contributed by atoms with E-state index in [2.05, 4.69) is 96.1 Å². The molecule has 1 amide bonds. The summed E-state index contributed by atoms with van der Waals surface area (Å²) >= 11 is 0. The fourth-order valence-corrected chi connectivity index (χ4v) is 6.38. The van der Waals surface area contributed by atoms with E-state index in [1.807, 2.05) is 31.2 Å². The number of carbonyl (C=O) groups excluding carboxylic acids is 1. The van der Waals surface area contributed by atoms with E-state index < -0.39 is 5.97 Å². The maximum atomic E-state index is 12.0. The topological polar surface area (TPSA) is 79.3 Å². The van der Waals surface area contributed by atoms with Gasteiger partial charge in [-0.25, -0.2) is 4.79 Å². The summed E-state index contributed by atoms with van der Waals surface area (Å²) in [6.45, 7) is 21.6. The number of rotatable bonds is 11. The number of nitrogens with one attached hydrogen (secondary N) is 1. The van der Waals surface area contributed by atoms with Crippen molar-refractivity contribution >= 4 is 17.6 Å². The van der Waals surface area contributed by atoms with Crippen molar-refractivity contribution in [2.45, 2.75) is 108 Å². The first-order valence-corrected chi connectivity index (χ1v) is 17.8. The van der Waals surface area contributed by atoms with Crippen molar-refractivity contribution in [1.82, 2.24) is 4.98 Å². The number of hydrogen-bond donors (Lipinski definition) is 2. The van der Waals surface area contributed by atoms with E-state index >= 15 is 0 Å². The minimum absolute atomic E-state index is 0.143. The predicted molar refractivity (Wildman–Crippen MR) is 213 cm³/mol. The second-order valence-corrected chi connectivity index (χ2v) is 14.9. The van der Waals surface area contributed by atoms with Gasteiger partial charge >= 0.3 is 5.97 Å². The normalized spacial score (nSPS) is 19.1. The Morgan fingerprint density at radius 3 is 1.56 bits per heavy atom. The maximum absolute atomic E-state index is 12.0. The summed E-state index contributed by atoms with van der Waals surface area (Å²) in [6.07, 6.45) is 34.1. The van der Waals surface area contributed by atoms with Crippen LogP contribution >= 0.6 is 0 Å². The summed E-state index contributed by atoms with van der Waals surface area (Å²) in [5, 5.41) is 11.5. The van der Waals surface area contributed by atoms with E-state index in [1.54, 1.807) is 43.6 Å². The molecule has 0 saturated heterocycles. The molecule has 50 heavy (non-hydrogen) atoms. The Morgan fingerprint density at radius 1 is 0.700 bits per heavy atom. The predicted octanol–water partition coefficient (Wildman–Crippen LogP) is 12.2. The van der Waals surface area contributed by atoms with Crippen LogP contribution in [0.3, 0.4) is 0 Å². The first-order chi connectivity index (χ1) is 23.5. The van der Waals surface area contributed by atoms with E-state index in [0.717, 1.165) is 22.4 Å². The number of pyridine rings is 1. The molecule has 0 aromatic carbocycles. The van der Waals surface area contributed by atoms with Gasteiger partial charge in [0.2, 0.25) is 5.91 Å². The summed E-state index contributed by atoms with van der Waals surface area (Å²) in [7, 11) is 0. The van der Waals surface area contributed by atoms with Gasteiger partial charge in [0.25, 0.3) is 0 Å². The minimum atomic E-state index is -0.912. The number of hydrogen-bond acceptors (Lipinski definition) is 3. The smallest absolute Gasteiger partial charge is 0.328 e. The zero-order valence-corrected chi connectivity index (χ0v) is 32.2. The number of carbonyl (C=O) groups is 2. The van der Waals surface area contributed by atoms with Crippen LogP contribution in [0.5, 0.6) is 0 Å². The molecule has 2 aliphatic carbocycles. The van der Waals surface area contributed by atoms with Crippen molar-refractivity contribution in [3.8, 4) is 0 Å². The number of carboxylic acid groups (broad SMARTS) is 1. The number of anilines is 1. The first-order valence-electron chi connectivity index (χ1n) is 17.8. The van der Waals surface area contributed by atoms with Crippen LogP contribution in [0.1, 0.15) is 108 Å². The third-order valence-electron chi connectivity index (χ3n) is 9.20. The molecular weight excluding hydrogens is 617 g/mol. The van der Waals surface area contributed by atoms with Gasteiger partial charge in [-0.3, -0.25) is 9.78 Å². The molecule has 0 saturated carbocycles. The Hall–Kier alpha value is -4.51. The van der Waals surface area contributed by atoms with E-state index in [1.165, 1.54) is 72.5 Å². The van der Waals surface area contributed by atoms with E-state index in [4.69, 9.17) is 5.11 Å². The average Bonchev–Trinajstić information content (AvgIpc) is 3.00. The maximum Gasteiger partial charge on any atom is 0.328 e. The molecule has 3 rings (SSSR count). The van der Waals surface area contributed by atoms with Crippen LogP contribution in [0, 0.1) is 10.8 Å². The van der Waals surface area contributed by atoms with Crippen LogP contribution in [-0.2, 0) is 9.59 Å². The molecule has 1 heterocycles. The summed E-state index contributed by atoms with van der Waals surface area (Å²) in [4.78, 5) is 26.5. The standard InChI is InChI=1S/C25H32N2O.C20H28O2/c1-19(11-12-23-21(3)10-7-15-25(23,4)5)8-6-9-20(2)18-24(28)27-22-13-16-26-17-14-22;1-15(8-6-9-16(2)14-19(21)22)11-12-18-17(3)10-7-13-20(18,4)5/h6,8-9,11-14,16-18H,7,10,15H2,1-5H3,(H,26,27,28);6,8-9,11-12,14H,7,10,13H2,1-5H3,(H,21,22)/b9-6+,12-11+,19-8+,20-18-;9-6+,12-11+,15-8+,16-14-. The van der Waals surface area contributed by atoms with E-state index in [9.17, 15) is 9.59 Å². The summed E-state index contributed by atoms with van der Waals surface area (Å²) in [6, 6.07) is 3.53. The molecule has 2 aliphatic rings. The molecule has 0 radical (unpaired) electrons. The fourth-order valence-electron chi connectivity index (χ4n) is 6.38. The van der Waals surface area contributed by atoms with Crippen LogP contribution in [0.4, 0.5) is 5.69 Å². The van der Waals surface area contributed by atoms with Crippen molar-refractivity contribution in [2.24, 2.45) is 10.8 Å². The summed E-state index contributed by atoms with van der Waals surface area (Å²) in [5.74, 6) is -1.06. The molecule has 0 aliphatic heterocycles. The highest BCUT2D eigenvalue weighted by Gasteiger charge is 2.27. The molecule has 1 aromatic rings. The Morgan fingerprint density at radius 2 is 1.14 bits per heavy atom. The van der Waals surface area contributed by atoms with Crippen molar-refractivity contribution in [2.75, 3.05) is 5.32 Å². The van der Waals surface area contributed by atoms with Crippen LogP contribution in [0.25, 0.3) is 0 Å². The first kappa shape index (κ1) is 41.7. The monoisotopic (exact) mass is 676 g/mol. The van der Waals surface area contributed by atoms with Gasteiger partial charge in [0, 0.05) is 30.2 Å². The Balaban J connectivity index is 0.000000358. The second kappa shape index (κ2) is 20.2. The highest BCUT2D eigenvalue weighted by molar-refractivity contribution is 5.99. The van der Waals surface area contributed by atoms with Gasteiger partial charge < -0.3 is 10.4 Å². The molecule has 0 unspecified atom stereocenters. The highest BCUT2D eigenvalue weighted by atomic mass is 16.4. The van der Waals surface area contributed by atoms with Crippen molar-refractivity contribution < 1.29 is 14.7 Å². The van der Waals surface area contributed by atoms with Crippen LogP contribution in [-0.4, -0.2) is 22.0 Å². The SMILES string of the molecule is CC1=C(/C=C/C(C)=C/C=C/C(C)=C\C(=O)Nc2ccncc2)C(C)(C)CCC1.CC1=C(/C=C/C(C)=C/C=C/C(C)=C\C(=O)O)C(C)(C)CCC1. The third-order valence-corrected chi connectivity index (χ3v) is 9.20. The van der Waals surface area contributed by atoms with Gasteiger partial charge in [-0.1, -0.05) is 111 Å². The van der Waals surface area contributed by atoms with E-state index in [0.29, 0.717) is 0 Å². The lowest BCUT2D eigenvalue weighted by atomic mass is 9.72. The molecular formula is C45H60N2O3. The minimum Gasteiger partial charge on any atom is -0.478 e. The zero-order chi connectivity index (χ0) is 37.3. The summed E-state index contributed by atoms with van der Waals surface area (Å²) in [5.41, 5.74) is 11.2. The molecule has 2 N–H and O–H groups in total. The van der Waals surface area contributed by atoms with Crippen molar-refractivity contribution in [3.05, 3.63) is 142 Å². The van der Waals surface area contributed by atoms with Gasteiger partial charge in [-0.15, -0.1) is 0 Å². The van der Waals surface area contributed by atoms with Crippen LogP contribution in [0.2, 0.25) is 0 Å². The number of carboxylic acids is 1. The highest BCUT2D eigenvalue weighted by Crippen LogP contribution is 2.41. The molecule has 0 atom stereocenters. The van der Waals surface area contributed by atoms with E-state index in [-0.39, 0.29) is 16.7 Å². The molecule has 268 valence electrons. The quantitative estimate of drug-likeness (QED) is 0.181. The number of amides is 1. The lowest BCUT2D eigenvalue weighted by molar-refractivity contribution is -0.131. The van der Waals surface area contributed by atoms with Crippen LogP contribution < -0.4 is 5.32 Å². The molecule has 5 nitrogen and oxygen atoms in total. The largest absolute Gasteiger partial charge is 0.478 e. The Bertz CT molecular complexity index is 1650. The van der Waals surface area contributed by atoms with Gasteiger partial charge in [0.15, 0.2) is 0 Å². The molecule has 0 bridgehead atoms. The third kappa shape index (κ3) is 15.4. The molecule has 0 spiro atoms. The lowest BCUT2D eigenvalue weighted by Crippen LogP contribution is -2.19. The Kier molecular flexibility index (Phi) is 16.9. The molecule has 0 fully saturated rings. The number of aromatic nitrogens is 1. The van der Waals surface area contributed by atoms with Crippen molar-refractivity contribution in [1.29, 1.82) is 0 Å². The van der Waals surface area contributed by atoms with Gasteiger partial charge in [-0.2, -0.15) is 0 Å². The number of aliphatic carboxylic acids is 1. The average molecular weight is 677 g/mol. The fraction of sp³-hybridized carbons (Fsp3) is 0.400. The zero-order valence-electron chi connectivity index (χ0n) is 32.2. The lowest BCUT2D eigenvalue weighted by Gasteiger charge is -2.33. The van der Waals surface area contributed by atoms with Gasteiger partial charge in [0.05, 0.1) is 0 Å². The molecule has 5 heteroatoms. The van der Waals surface area contributed by atoms with Crippen LogP contribution in [0.15, 0.2) is 142 Å². The summed E-state index contributed by atoms with van der Waals surface area (Å²) < 4.78 is 0.